The van der Waals surface area contributed by atoms with Gasteiger partial charge >= 0.3 is 6.09 Å². The molecule has 1 saturated carbocycles. The van der Waals surface area contributed by atoms with Crippen LogP contribution in [0.4, 0.5) is 10.8 Å². The van der Waals surface area contributed by atoms with Crippen LogP contribution in [-0.2, 0) is 33.8 Å². The zero-order valence-corrected chi connectivity index (χ0v) is 28.6. The van der Waals surface area contributed by atoms with Crippen LogP contribution in [0.1, 0.15) is 31.4 Å². The first-order valence-electron chi connectivity index (χ1n) is 16.8. The molecule has 49 heavy (non-hydrogen) atoms. The molecule has 5 N–H and O–H groups in total. The molecule has 0 spiro atoms. The van der Waals surface area contributed by atoms with Crippen molar-refractivity contribution < 1.29 is 33.5 Å². The minimum atomic E-state index is -1.72. The minimum Gasteiger partial charge on any atom is -0.592 e. The summed E-state index contributed by atoms with van der Waals surface area (Å²) in [5, 5.41) is 29.5. The first-order chi connectivity index (χ1) is 23.7. The number of carbonyl (C=O) groups is 1. The number of nitrogens with zero attached hydrogens (tertiary/aromatic N) is 2. The predicted molar refractivity (Wildman–Crippen MR) is 186 cm³/mol. The topological polar surface area (TPSA) is 164 Å². The van der Waals surface area contributed by atoms with E-state index in [4.69, 9.17) is 13.9 Å². The van der Waals surface area contributed by atoms with Crippen LogP contribution in [0.25, 0.3) is 11.1 Å². The van der Waals surface area contributed by atoms with E-state index in [0.717, 1.165) is 17.5 Å². The van der Waals surface area contributed by atoms with E-state index in [1.807, 2.05) is 74.5 Å². The van der Waals surface area contributed by atoms with E-state index in [9.17, 15) is 19.6 Å². The van der Waals surface area contributed by atoms with Crippen LogP contribution in [0.5, 0.6) is 0 Å². The number of anilines is 1. The summed E-state index contributed by atoms with van der Waals surface area (Å²) in [5.41, 5.74) is 2.99. The molecule has 0 bridgehead atoms. The van der Waals surface area contributed by atoms with Crippen LogP contribution < -0.4 is 15.5 Å². The largest absolute Gasteiger partial charge is 0.592 e. The number of amides is 1. The maximum Gasteiger partial charge on any atom is 0.407 e. The van der Waals surface area contributed by atoms with Gasteiger partial charge in [0.05, 0.1) is 30.1 Å². The van der Waals surface area contributed by atoms with E-state index in [-0.39, 0.29) is 36.9 Å². The average molecular weight is 692 g/mol. The molecular formula is C36H45N5O7S. The maximum absolute atomic E-state index is 13.7. The van der Waals surface area contributed by atoms with Crippen LogP contribution in [0.15, 0.2) is 88.2 Å². The lowest BCUT2D eigenvalue weighted by molar-refractivity contribution is 0.0124. The van der Waals surface area contributed by atoms with Crippen molar-refractivity contribution in [3.05, 3.63) is 90.0 Å². The van der Waals surface area contributed by atoms with Crippen molar-refractivity contribution in [1.82, 2.24) is 20.1 Å². The molecule has 0 radical (unpaired) electrons. The van der Waals surface area contributed by atoms with Crippen LogP contribution >= 0.6 is 0 Å². The highest BCUT2D eigenvalue weighted by Crippen LogP contribution is 2.42. The molecule has 6 rings (SSSR count). The summed E-state index contributed by atoms with van der Waals surface area (Å²) >= 11 is -1.72. The molecule has 1 aliphatic carbocycles. The molecule has 1 amide bonds. The summed E-state index contributed by atoms with van der Waals surface area (Å²) in [7, 11) is 0. The Hall–Kier alpha value is -3.69. The monoisotopic (exact) mass is 691 g/mol. The number of hydrogen-bond acceptors (Lipinski definition) is 11. The van der Waals surface area contributed by atoms with Crippen LogP contribution in [0.3, 0.4) is 0 Å². The zero-order chi connectivity index (χ0) is 34.3. The minimum absolute atomic E-state index is 0.0221. The number of hydrazine groups is 1. The van der Waals surface area contributed by atoms with Gasteiger partial charge in [-0.1, -0.05) is 65.5 Å². The van der Waals surface area contributed by atoms with E-state index in [1.54, 1.807) is 23.2 Å². The van der Waals surface area contributed by atoms with Gasteiger partial charge in [0.25, 0.3) is 6.01 Å². The Kier molecular flexibility index (Phi) is 11.7. The first kappa shape index (κ1) is 35.1. The van der Waals surface area contributed by atoms with Crippen molar-refractivity contribution >= 4 is 34.6 Å². The lowest BCUT2D eigenvalue weighted by Gasteiger charge is -2.31. The summed E-state index contributed by atoms with van der Waals surface area (Å²) in [6.07, 6.45) is -1.15. The summed E-state index contributed by atoms with van der Waals surface area (Å²) in [6.45, 7) is 5.34. The second-order valence-electron chi connectivity index (χ2n) is 13.2. The molecule has 2 fully saturated rings. The Bertz CT molecular complexity index is 1640. The fourth-order valence-electron chi connectivity index (χ4n) is 6.71. The number of aromatic nitrogens is 1. The molecule has 262 valence electrons. The number of nitrogens with one attached hydrogen (secondary N) is 3. The van der Waals surface area contributed by atoms with Crippen LogP contribution in [-0.4, -0.2) is 81.5 Å². The number of ether oxygens (including phenoxy) is 2. The van der Waals surface area contributed by atoms with E-state index >= 15 is 0 Å². The van der Waals surface area contributed by atoms with E-state index in [0.29, 0.717) is 48.2 Å². The van der Waals surface area contributed by atoms with Gasteiger partial charge in [0.1, 0.15) is 11.6 Å². The third kappa shape index (κ3) is 9.11. The summed E-state index contributed by atoms with van der Waals surface area (Å²) in [5.74, 6) is 0.135. The van der Waals surface area contributed by atoms with Gasteiger partial charge < -0.3 is 39.3 Å². The molecule has 4 unspecified atom stereocenters. The van der Waals surface area contributed by atoms with Crippen molar-refractivity contribution in [3.63, 3.8) is 0 Å². The number of rotatable bonds is 15. The predicted octanol–water partition coefficient (Wildman–Crippen LogP) is 4.02. The Morgan fingerprint density at radius 2 is 1.82 bits per heavy atom. The van der Waals surface area contributed by atoms with Crippen LogP contribution in [0, 0.1) is 17.8 Å². The van der Waals surface area contributed by atoms with Crippen molar-refractivity contribution in [1.29, 1.82) is 0 Å². The number of aliphatic hydroxyl groups is 2. The van der Waals surface area contributed by atoms with Gasteiger partial charge in [-0.2, -0.15) is 9.99 Å². The fraction of sp³-hybridized carbons (Fsp3) is 0.444. The van der Waals surface area contributed by atoms with Crippen molar-refractivity contribution in [2.45, 2.75) is 62.4 Å². The lowest BCUT2D eigenvalue weighted by Crippen LogP contribution is -2.53. The number of hydrogen-bond donors (Lipinski definition) is 5. The zero-order valence-electron chi connectivity index (χ0n) is 27.7. The third-order valence-electron chi connectivity index (χ3n) is 9.10. The van der Waals surface area contributed by atoms with Gasteiger partial charge in [0.15, 0.2) is 10.5 Å². The summed E-state index contributed by atoms with van der Waals surface area (Å²) in [6, 6.07) is 24.2. The van der Waals surface area contributed by atoms with Crippen LogP contribution in [0.2, 0.25) is 0 Å². The first-order valence-corrected chi connectivity index (χ1v) is 17.9. The van der Waals surface area contributed by atoms with E-state index in [1.165, 1.54) is 0 Å². The maximum atomic E-state index is 13.7. The second kappa shape index (κ2) is 16.3. The second-order valence-corrected chi connectivity index (χ2v) is 14.4. The quantitative estimate of drug-likeness (QED) is 0.0904. The van der Waals surface area contributed by atoms with E-state index in [2.05, 4.69) is 20.4 Å². The molecule has 1 aliphatic heterocycles. The van der Waals surface area contributed by atoms with Crippen molar-refractivity contribution in [2.24, 2.45) is 17.8 Å². The van der Waals surface area contributed by atoms with Crippen molar-refractivity contribution in [2.75, 3.05) is 31.7 Å². The molecule has 2 aliphatic rings. The number of fused-ring (bicyclic) bond motifs is 2. The highest BCUT2D eigenvalue weighted by Gasteiger charge is 2.48. The van der Waals surface area contributed by atoms with Gasteiger partial charge in [0.2, 0.25) is 0 Å². The number of benzene rings is 3. The van der Waals surface area contributed by atoms with Gasteiger partial charge in [-0.05, 0) is 55.9 Å². The van der Waals surface area contributed by atoms with Gasteiger partial charge in [-0.25, -0.2) is 4.79 Å². The molecule has 7 atom stereocenters. The fourth-order valence-corrected chi connectivity index (χ4v) is 7.60. The van der Waals surface area contributed by atoms with Gasteiger partial charge in [0, 0.05) is 50.2 Å². The van der Waals surface area contributed by atoms with Gasteiger partial charge in [-0.15, -0.1) is 0 Å². The molecule has 3 aromatic carbocycles. The number of alkyl carbamates (subject to hydrolysis) is 1. The van der Waals surface area contributed by atoms with E-state index < -0.39 is 35.7 Å². The Labute approximate surface area is 289 Å². The smallest absolute Gasteiger partial charge is 0.407 e. The molecule has 2 heterocycles. The number of carbonyl (C=O) groups excluding carboxylic acids is 1. The Morgan fingerprint density at radius 1 is 1.08 bits per heavy atom. The average Bonchev–Trinajstić information content (AvgIpc) is 3.80. The Morgan fingerprint density at radius 3 is 2.53 bits per heavy atom. The van der Waals surface area contributed by atoms with Gasteiger partial charge in [-0.3, -0.25) is 0 Å². The highest BCUT2D eigenvalue weighted by molar-refractivity contribution is 7.89. The third-order valence-corrected chi connectivity index (χ3v) is 10.2. The SMILES string of the molecule is CC(C)Nc1nc2cc([S@@+]([O-])NN(Cc3ccccc3)C[C@@H](O)[C@H](Cc3ccccc3)NC(=O)OC3C(CO)CC4COCC43)ccc2o1. The summed E-state index contributed by atoms with van der Waals surface area (Å²) < 4.78 is 31.0. The molecule has 13 heteroatoms. The molecule has 1 aromatic heterocycles. The summed E-state index contributed by atoms with van der Waals surface area (Å²) in [4.78, 5) is 21.4. The molecular weight excluding hydrogens is 646 g/mol. The number of oxazole rings is 1. The number of aliphatic hydroxyl groups excluding tert-OH is 2. The Balaban J connectivity index is 1.18. The highest BCUT2D eigenvalue weighted by atomic mass is 32.2. The van der Waals surface area contributed by atoms with Crippen molar-refractivity contribution in [3.8, 4) is 0 Å². The lowest BCUT2D eigenvalue weighted by atomic mass is 9.99. The molecule has 1 saturated heterocycles. The standard InChI is InChI=1S/C36H45N5O7S/c1-23(2)37-35-38-31-17-28(13-14-33(31)47-35)49(45)40-41(18-25-11-7-4-8-12-25)19-32(43)30(15-24-9-5-3-6-10-24)39-36(44)48-34-26(20-42)16-27-21-46-22-29(27)34/h3-14,17,23,26-27,29-30,32,34,40,42-43H,15-16,18-22H2,1-2H3,(H,37,38)(H,39,44)/t26?,27?,29?,30-,32+,34?,49+/m0/s1. The molecule has 12 nitrogen and oxygen atoms in total. The normalized spacial score (nSPS) is 22.3. The molecule has 4 aromatic rings.